The fourth-order valence-corrected chi connectivity index (χ4v) is 5.88. The highest BCUT2D eigenvalue weighted by Crippen LogP contribution is 2.44. The normalized spacial score (nSPS) is 24.9. The van der Waals surface area contributed by atoms with Crippen LogP contribution >= 0.6 is 35.1 Å². The number of oxime groups is 1. The molecule has 15 heteroatoms. The number of thioether (sulfide) groups is 2. The van der Waals surface area contributed by atoms with Crippen molar-refractivity contribution in [1.29, 1.82) is 5.26 Å². The molecule has 2 fully saturated rings. The van der Waals surface area contributed by atoms with Crippen molar-refractivity contribution < 1.29 is 24.3 Å². The molecule has 4 N–H and O–H groups in total. The summed E-state index contributed by atoms with van der Waals surface area (Å²) in [5.41, 5.74) is 5.33. The number of nitriles is 1. The number of hydrogen-bond acceptors (Lipinski definition) is 12. The molecular formula is C17H17N7O5S3. The highest BCUT2D eigenvalue weighted by molar-refractivity contribution is 8.06. The van der Waals surface area contributed by atoms with Gasteiger partial charge in [-0.2, -0.15) is 14.6 Å². The molecule has 3 atom stereocenters. The van der Waals surface area contributed by atoms with Gasteiger partial charge in [0.15, 0.2) is 5.13 Å². The molecule has 168 valence electrons. The third-order valence-corrected chi connectivity index (χ3v) is 7.81. The van der Waals surface area contributed by atoms with Crippen LogP contribution in [-0.4, -0.2) is 77.9 Å². The number of nitrogen functional groups attached to an aromatic ring is 1. The van der Waals surface area contributed by atoms with Crippen LogP contribution in [0.1, 0.15) is 5.82 Å². The molecule has 0 radical (unpaired) electrons. The van der Waals surface area contributed by atoms with Gasteiger partial charge < -0.3 is 25.9 Å². The first-order valence-corrected chi connectivity index (χ1v) is 11.6. The fourth-order valence-electron chi connectivity index (χ4n) is 2.88. The first-order valence-electron chi connectivity index (χ1n) is 8.92. The minimum atomic E-state index is -1.29. The molecule has 1 aromatic heterocycles. The first kappa shape index (κ1) is 23.6. The number of carboxylic acids is 1. The average molecular weight is 496 g/mol. The standard InChI is InChI=1S/C17H17N7O5S3/c1-2-5-29-22-9(11-21-16(19)32-23-11)12(25)20-10-13(26)24-7-17(15(27)28,8-30-14(10)24)31-6-3-4-18/h2-3,6,10,14H,1,5,7-8H2,(H,20,25)(H,27,28)(H2,19,21,23)/t10?,14-,17?/m1/s1. The molecule has 3 heterocycles. The number of amides is 2. The summed E-state index contributed by atoms with van der Waals surface area (Å²) in [6.45, 7) is 3.48. The van der Waals surface area contributed by atoms with E-state index in [-0.39, 0.29) is 35.6 Å². The molecule has 0 aromatic carbocycles. The van der Waals surface area contributed by atoms with Crippen LogP contribution in [0.3, 0.4) is 0 Å². The van der Waals surface area contributed by atoms with Gasteiger partial charge in [-0.1, -0.05) is 17.8 Å². The summed E-state index contributed by atoms with van der Waals surface area (Å²) in [7, 11) is 0. The Kier molecular flexibility index (Phi) is 7.38. The van der Waals surface area contributed by atoms with Crippen LogP contribution in [0.15, 0.2) is 29.3 Å². The molecule has 2 amide bonds. The van der Waals surface area contributed by atoms with Gasteiger partial charge in [0.2, 0.25) is 17.4 Å². The van der Waals surface area contributed by atoms with Gasteiger partial charge >= 0.3 is 5.97 Å². The van der Waals surface area contributed by atoms with E-state index in [1.807, 2.05) is 0 Å². The zero-order valence-corrected chi connectivity index (χ0v) is 18.8. The molecule has 1 aromatic rings. The van der Waals surface area contributed by atoms with Crippen LogP contribution in [0.25, 0.3) is 0 Å². The summed E-state index contributed by atoms with van der Waals surface area (Å²) in [6.07, 6.45) is 2.62. The Labute approximate surface area is 194 Å². The van der Waals surface area contributed by atoms with Crippen molar-refractivity contribution in [3.8, 4) is 6.07 Å². The molecule has 32 heavy (non-hydrogen) atoms. The molecule has 0 spiro atoms. The largest absolute Gasteiger partial charge is 0.480 e. The van der Waals surface area contributed by atoms with Gasteiger partial charge in [-0.25, -0.2) is 0 Å². The highest BCUT2D eigenvalue weighted by atomic mass is 32.2. The fraction of sp³-hybridized carbons (Fsp3) is 0.353. The molecule has 2 aliphatic heterocycles. The number of carboxylic acid groups (broad SMARTS) is 1. The van der Waals surface area contributed by atoms with Crippen molar-refractivity contribution >= 4 is 63.7 Å². The summed E-state index contributed by atoms with van der Waals surface area (Å²) in [6, 6.07) is 0.930. The number of nitrogens with two attached hydrogens (primary N) is 1. The van der Waals surface area contributed by atoms with E-state index in [0.29, 0.717) is 0 Å². The lowest BCUT2D eigenvalue weighted by Gasteiger charge is -2.53. The van der Waals surface area contributed by atoms with E-state index in [2.05, 4.69) is 26.4 Å². The second-order valence-electron chi connectivity index (χ2n) is 6.45. The first-order chi connectivity index (χ1) is 15.3. The third kappa shape index (κ3) is 4.71. The molecule has 2 saturated heterocycles. The predicted molar refractivity (Wildman–Crippen MR) is 120 cm³/mol. The molecule has 2 unspecified atom stereocenters. The SMILES string of the molecule is C=CCON=C(C(=O)NC1C(=O)N2CC(SC=CC#N)(C(=O)O)CS[C@H]12)c1nsc(N)n1. The van der Waals surface area contributed by atoms with Gasteiger partial charge in [0.1, 0.15) is 22.8 Å². The van der Waals surface area contributed by atoms with Crippen LogP contribution < -0.4 is 11.1 Å². The Hall–Kier alpha value is -3.09. The maximum absolute atomic E-state index is 12.8. The van der Waals surface area contributed by atoms with E-state index in [0.717, 1.165) is 23.3 Å². The lowest BCUT2D eigenvalue weighted by atomic mass is 10.0. The zero-order valence-electron chi connectivity index (χ0n) is 16.3. The number of aromatic nitrogens is 2. The molecule has 3 rings (SSSR count). The monoisotopic (exact) mass is 495 g/mol. The quantitative estimate of drug-likeness (QED) is 0.105. The maximum atomic E-state index is 12.8. The average Bonchev–Trinajstić information content (AvgIpc) is 3.20. The third-order valence-electron chi connectivity index (χ3n) is 4.38. The maximum Gasteiger partial charge on any atom is 0.322 e. The number of carbonyl (C=O) groups is 3. The van der Waals surface area contributed by atoms with E-state index in [4.69, 9.17) is 15.8 Å². The van der Waals surface area contributed by atoms with Crippen LogP contribution in [0, 0.1) is 11.3 Å². The summed E-state index contributed by atoms with van der Waals surface area (Å²) in [5, 5.41) is 25.8. The van der Waals surface area contributed by atoms with E-state index < -0.39 is 33.9 Å². The Bertz CT molecular complexity index is 1040. The van der Waals surface area contributed by atoms with Crippen molar-refractivity contribution in [1.82, 2.24) is 19.6 Å². The molecular weight excluding hydrogens is 478 g/mol. The number of nitrogens with zero attached hydrogens (tertiary/aromatic N) is 5. The minimum absolute atomic E-state index is 0.0419. The van der Waals surface area contributed by atoms with Crippen molar-refractivity contribution in [3.05, 3.63) is 30.0 Å². The van der Waals surface area contributed by atoms with Crippen LogP contribution in [0.4, 0.5) is 5.13 Å². The Balaban J connectivity index is 1.71. The highest BCUT2D eigenvalue weighted by Gasteiger charge is 2.57. The van der Waals surface area contributed by atoms with E-state index in [1.54, 1.807) is 6.07 Å². The Morgan fingerprint density at radius 2 is 2.38 bits per heavy atom. The van der Waals surface area contributed by atoms with Crippen molar-refractivity contribution in [3.63, 3.8) is 0 Å². The summed E-state index contributed by atoms with van der Waals surface area (Å²) < 4.78 is 2.67. The second-order valence-corrected chi connectivity index (χ2v) is 9.63. The number of allylic oxidation sites excluding steroid dienone is 1. The summed E-state index contributed by atoms with van der Waals surface area (Å²) in [4.78, 5) is 47.7. The van der Waals surface area contributed by atoms with Gasteiger partial charge in [0.25, 0.3) is 5.91 Å². The van der Waals surface area contributed by atoms with Gasteiger partial charge in [0.05, 0.1) is 6.07 Å². The van der Waals surface area contributed by atoms with Crippen molar-refractivity contribution in [2.45, 2.75) is 16.2 Å². The van der Waals surface area contributed by atoms with Crippen LogP contribution in [0.2, 0.25) is 0 Å². The molecule has 0 saturated carbocycles. The number of fused-ring (bicyclic) bond motifs is 1. The Morgan fingerprint density at radius 3 is 3.00 bits per heavy atom. The zero-order chi connectivity index (χ0) is 23.3. The van der Waals surface area contributed by atoms with Gasteiger partial charge in [0, 0.05) is 29.9 Å². The lowest BCUT2D eigenvalue weighted by molar-refractivity contribution is -0.151. The number of β-lactam (4-membered cyclic amide) rings is 1. The molecule has 0 bridgehead atoms. The predicted octanol–water partition coefficient (Wildman–Crippen LogP) is 0.0208. The summed E-state index contributed by atoms with van der Waals surface area (Å²) >= 11 is 3.08. The van der Waals surface area contributed by atoms with Crippen LogP contribution in [0.5, 0.6) is 0 Å². The Morgan fingerprint density at radius 1 is 1.59 bits per heavy atom. The number of hydrogen-bond donors (Lipinski definition) is 3. The van der Waals surface area contributed by atoms with Gasteiger partial charge in [-0.05, 0) is 5.41 Å². The van der Waals surface area contributed by atoms with Crippen LogP contribution in [-0.2, 0) is 19.2 Å². The van der Waals surface area contributed by atoms with Gasteiger partial charge in [-0.15, -0.1) is 23.5 Å². The molecule has 2 aliphatic rings. The molecule has 0 aliphatic carbocycles. The smallest absolute Gasteiger partial charge is 0.322 e. The number of nitrogens with one attached hydrogen (secondary N) is 1. The van der Waals surface area contributed by atoms with Gasteiger partial charge in [-0.3, -0.25) is 14.4 Å². The molecule has 12 nitrogen and oxygen atoms in total. The lowest BCUT2D eigenvalue weighted by Crippen LogP contribution is -2.74. The number of anilines is 1. The number of rotatable bonds is 9. The van der Waals surface area contributed by atoms with Crippen molar-refractivity contribution in [2.75, 3.05) is 24.6 Å². The minimum Gasteiger partial charge on any atom is -0.480 e. The van der Waals surface area contributed by atoms with E-state index in [1.165, 1.54) is 34.2 Å². The van der Waals surface area contributed by atoms with Crippen molar-refractivity contribution in [2.24, 2.45) is 5.16 Å². The van der Waals surface area contributed by atoms with E-state index >= 15 is 0 Å². The second kappa shape index (κ2) is 10.0. The number of aliphatic carboxylic acids is 1. The summed E-state index contributed by atoms with van der Waals surface area (Å²) in [5.74, 6) is -2.11. The van der Waals surface area contributed by atoms with E-state index in [9.17, 15) is 19.5 Å². The number of carbonyl (C=O) groups excluding carboxylic acids is 2. The topological polar surface area (TPSA) is 184 Å².